The Morgan fingerprint density at radius 2 is 2.00 bits per heavy atom. The summed E-state index contributed by atoms with van der Waals surface area (Å²) in [6.45, 7) is 3.76. The topological polar surface area (TPSA) is 110 Å². The molecule has 0 atom stereocenters. The average molecular weight is 417 g/mol. The van der Waals surface area contributed by atoms with E-state index >= 15 is 0 Å². The zero-order chi connectivity index (χ0) is 21.0. The molecule has 0 aliphatic heterocycles. The van der Waals surface area contributed by atoms with Crippen molar-refractivity contribution >= 4 is 23.5 Å². The summed E-state index contributed by atoms with van der Waals surface area (Å²) in [5.41, 5.74) is 2.73. The van der Waals surface area contributed by atoms with Crippen LogP contribution in [0.25, 0.3) is 11.4 Å². The highest BCUT2D eigenvalue weighted by molar-refractivity contribution is 6.30. The van der Waals surface area contributed by atoms with E-state index in [1.54, 1.807) is 31.2 Å². The number of benzene rings is 1. The number of amides is 1. The number of rotatable bonds is 7. The van der Waals surface area contributed by atoms with Crippen LogP contribution >= 0.6 is 11.6 Å². The Morgan fingerprint density at radius 1 is 1.28 bits per heavy atom. The lowest BCUT2D eigenvalue weighted by Gasteiger charge is -2.06. The van der Waals surface area contributed by atoms with E-state index in [4.69, 9.17) is 20.9 Å². The lowest BCUT2D eigenvalue weighted by molar-refractivity contribution is 0.0599. The third-order valence-corrected chi connectivity index (χ3v) is 4.63. The normalized spacial score (nSPS) is 10.8. The van der Waals surface area contributed by atoms with Crippen molar-refractivity contribution in [3.8, 4) is 11.4 Å². The molecule has 2 N–H and O–H groups in total. The van der Waals surface area contributed by atoms with E-state index in [1.165, 1.54) is 7.11 Å². The number of ether oxygens (including phenoxy) is 1. The molecule has 0 unspecified atom stereocenters. The predicted octanol–water partition coefficient (Wildman–Crippen LogP) is 3.70. The van der Waals surface area contributed by atoms with Crippen molar-refractivity contribution in [2.45, 2.75) is 33.2 Å². The van der Waals surface area contributed by atoms with Crippen molar-refractivity contribution in [1.82, 2.24) is 20.4 Å². The van der Waals surface area contributed by atoms with E-state index in [9.17, 15) is 9.59 Å². The largest absolute Gasteiger partial charge is 0.465 e. The fourth-order valence-electron chi connectivity index (χ4n) is 3.04. The summed E-state index contributed by atoms with van der Waals surface area (Å²) in [4.78, 5) is 32.1. The molecule has 0 bridgehead atoms. The number of halogens is 1. The van der Waals surface area contributed by atoms with Crippen molar-refractivity contribution in [1.29, 1.82) is 0 Å². The smallest absolute Gasteiger partial charge is 0.339 e. The quantitative estimate of drug-likeness (QED) is 0.568. The molecule has 0 fully saturated rings. The Morgan fingerprint density at radius 3 is 2.66 bits per heavy atom. The van der Waals surface area contributed by atoms with Crippen LogP contribution in [0, 0.1) is 6.92 Å². The van der Waals surface area contributed by atoms with Crippen LogP contribution in [0.2, 0.25) is 5.02 Å². The van der Waals surface area contributed by atoms with Gasteiger partial charge in [-0.05, 0) is 43.2 Å². The molecule has 2 heterocycles. The third kappa shape index (κ3) is 4.48. The van der Waals surface area contributed by atoms with Crippen LogP contribution in [0.15, 0.2) is 28.8 Å². The van der Waals surface area contributed by atoms with Crippen molar-refractivity contribution in [3.05, 3.63) is 57.7 Å². The van der Waals surface area contributed by atoms with Crippen molar-refractivity contribution < 1.29 is 18.8 Å². The van der Waals surface area contributed by atoms with E-state index in [0.717, 1.165) is 12.0 Å². The van der Waals surface area contributed by atoms with Gasteiger partial charge in [-0.15, -0.1) is 0 Å². The first kappa shape index (κ1) is 20.6. The summed E-state index contributed by atoms with van der Waals surface area (Å²) >= 11 is 5.88. The first-order valence-corrected chi connectivity index (χ1v) is 9.48. The lowest BCUT2D eigenvalue weighted by Crippen LogP contribution is -2.24. The summed E-state index contributed by atoms with van der Waals surface area (Å²) in [5, 5.41) is 7.27. The zero-order valence-electron chi connectivity index (χ0n) is 16.3. The number of aromatic amines is 1. The molecule has 0 aliphatic rings. The number of aromatic nitrogens is 3. The van der Waals surface area contributed by atoms with Gasteiger partial charge in [0.25, 0.3) is 5.91 Å². The van der Waals surface area contributed by atoms with E-state index in [0.29, 0.717) is 39.8 Å². The number of hydrogen-bond donors (Lipinski definition) is 2. The van der Waals surface area contributed by atoms with E-state index in [-0.39, 0.29) is 18.3 Å². The standard InChI is InChI=1S/C20H21ClN4O4/c1-4-5-14-16(20(27)28-3)11(2)23-17(14)19(26)22-10-15-24-18(25-29-15)12-6-8-13(21)9-7-12/h6-9,23H,4-5,10H2,1-3H3,(H,22,26). The van der Waals surface area contributed by atoms with E-state index in [1.807, 2.05) is 6.92 Å². The first-order valence-electron chi connectivity index (χ1n) is 9.11. The molecule has 0 saturated carbocycles. The number of hydrogen-bond acceptors (Lipinski definition) is 6. The van der Waals surface area contributed by atoms with Crippen LogP contribution in [0.3, 0.4) is 0 Å². The highest BCUT2D eigenvalue weighted by Gasteiger charge is 2.25. The van der Waals surface area contributed by atoms with E-state index in [2.05, 4.69) is 20.4 Å². The molecule has 8 nitrogen and oxygen atoms in total. The maximum atomic E-state index is 12.7. The summed E-state index contributed by atoms with van der Waals surface area (Å²) in [5.74, 6) is -0.165. The van der Waals surface area contributed by atoms with Gasteiger partial charge in [-0.3, -0.25) is 4.79 Å². The molecule has 29 heavy (non-hydrogen) atoms. The predicted molar refractivity (Wildman–Crippen MR) is 107 cm³/mol. The van der Waals surface area contributed by atoms with Gasteiger partial charge < -0.3 is 19.6 Å². The number of methoxy groups -OCH3 is 1. The minimum atomic E-state index is -0.467. The maximum Gasteiger partial charge on any atom is 0.339 e. The van der Waals surface area contributed by atoms with Gasteiger partial charge in [0, 0.05) is 16.3 Å². The van der Waals surface area contributed by atoms with Gasteiger partial charge in [-0.25, -0.2) is 4.79 Å². The van der Waals surface area contributed by atoms with Crippen LogP contribution in [0.5, 0.6) is 0 Å². The molecular weight excluding hydrogens is 396 g/mol. The highest BCUT2D eigenvalue weighted by atomic mass is 35.5. The summed E-state index contributed by atoms with van der Waals surface area (Å²) in [6.07, 6.45) is 1.34. The fraction of sp³-hybridized carbons (Fsp3) is 0.300. The Kier molecular flexibility index (Phi) is 6.33. The molecule has 1 aromatic carbocycles. The van der Waals surface area contributed by atoms with Gasteiger partial charge in [0.2, 0.25) is 11.7 Å². The summed E-state index contributed by atoms with van der Waals surface area (Å²) in [6, 6.07) is 7.03. The first-order chi connectivity index (χ1) is 13.9. The second kappa shape index (κ2) is 8.91. The van der Waals surface area contributed by atoms with Gasteiger partial charge in [0.15, 0.2) is 0 Å². The van der Waals surface area contributed by atoms with Crippen LogP contribution in [0.4, 0.5) is 0 Å². The molecule has 0 spiro atoms. The number of esters is 1. The maximum absolute atomic E-state index is 12.7. The Bertz CT molecular complexity index is 1020. The minimum absolute atomic E-state index is 0.0522. The van der Waals surface area contributed by atoms with Gasteiger partial charge >= 0.3 is 5.97 Å². The molecule has 0 saturated heterocycles. The molecule has 3 aromatic rings. The zero-order valence-corrected chi connectivity index (χ0v) is 17.1. The van der Waals surface area contributed by atoms with Crippen LogP contribution in [0.1, 0.15) is 51.3 Å². The lowest BCUT2D eigenvalue weighted by atomic mass is 10.0. The molecule has 3 rings (SSSR count). The second-order valence-corrected chi connectivity index (χ2v) is 6.86. The number of carbonyl (C=O) groups is 2. The van der Waals surface area contributed by atoms with Crippen LogP contribution in [-0.2, 0) is 17.7 Å². The minimum Gasteiger partial charge on any atom is -0.465 e. The fourth-order valence-corrected chi connectivity index (χ4v) is 3.16. The summed E-state index contributed by atoms with van der Waals surface area (Å²) in [7, 11) is 1.32. The molecule has 1 amide bonds. The number of nitrogens with zero attached hydrogens (tertiary/aromatic N) is 2. The Labute approximate surface area is 172 Å². The SMILES string of the molecule is CCCc1c(C(=O)NCc2nc(-c3ccc(Cl)cc3)no2)[nH]c(C)c1C(=O)OC. The Balaban J connectivity index is 1.74. The van der Waals surface area contributed by atoms with Gasteiger partial charge in [-0.2, -0.15) is 4.98 Å². The molecule has 0 aliphatic carbocycles. The molecule has 9 heteroatoms. The number of aryl methyl sites for hydroxylation is 1. The monoisotopic (exact) mass is 416 g/mol. The highest BCUT2D eigenvalue weighted by Crippen LogP contribution is 2.22. The average Bonchev–Trinajstić information content (AvgIpc) is 3.31. The second-order valence-electron chi connectivity index (χ2n) is 6.42. The van der Waals surface area contributed by atoms with Gasteiger partial charge in [-0.1, -0.05) is 30.1 Å². The summed E-state index contributed by atoms with van der Waals surface area (Å²) < 4.78 is 10.1. The number of carbonyl (C=O) groups excluding carboxylic acids is 2. The molecular formula is C20H21ClN4O4. The molecule has 0 radical (unpaired) electrons. The van der Waals surface area contributed by atoms with Gasteiger partial charge in [0.05, 0.1) is 19.2 Å². The number of H-pyrrole nitrogens is 1. The molecule has 152 valence electrons. The van der Waals surface area contributed by atoms with Crippen molar-refractivity contribution in [2.75, 3.05) is 7.11 Å². The van der Waals surface area contributed by atoms with Crippen molar-refractivity contribution in [2.24, 2.45) is 0 Å². The van der Waals surface area contributed by atoms with Gasteiger partial charge in [0.1, 0.15) is 5.69 Å². The molecule has 2 aromatic heterocycles. The van der Waals surface area contributed by atoms with E-state index < -0.39 is 5.97 Å². The third-order valence-electron chi connectivity index (χ3n) is 4.38. The Hall–Kier alpha value is -3.13. The van der Waals surface area contributed by atoms with Crippen LogP contribution < -0.4 is 5.32 Å². The van der Waals surface area contributed by atoms with Crippen molar-refractivity contribution in [3.63, 3.8) is 0 Å². The van der Waals surface area contributed by atoms with Crippen LogP contribution in [-0.4, -0.2) is 34.1 Å². The number of nitrogens with one attached hydrogen (secondary N) is 2.